The van der Waals surface area contributed by atoms with Gasteiger partial charge in [-0.05, 0) is 37.1 Å². The van der Waals surface area contributed by atoms with Gasteiger partial charge in [-0.1, -0.05) is 15.9 Å². The third-order valence-electron chi connectivity index (χ3n) is 1.60. The predicted molar refractivity (Wildman–Crippen MR) is 52.7 cm³/mol. The third-order valence-corrected chi connectivity index (χ3v) is 3.05. The Morgan fingerprint density at radius 2 is 1.75 bits per heavy atom. The first-order chi connectivity index (χ1) is 5.52. The number of aryl methyl sites for hydroxylation is 2. The van der Waals surface area contributed by atoms with Crippen LogP contribution < -0.4 is 0 Å². The van der Waals surface area contributed by atoms with E-state index in [1.165, 1.54) is 0 Å². The van der Waals surface area contributed by atoms with Gasteiger partial charge in [0.25, 0.3) is 0 Å². The highest BCUT2D eigenvalue weighted by Gasteiger charge is 2.08. The molecule has 1 N–H and O–H groups in total. The molecule has 0 spiro atoms. The molecule has 0 radical (unpaired) electrons. The Kier molecular flexibility index (Phi) is 3.04. The number of rotatable bonds is 1. The minimum Gasteiger partial charge on any atom is -0.302 e. The van der Waals surface area contributed by atoms with Gasteiger partial charge in [0.05, 0.1) is 4.90 Å². The largest absolute Gasteiger partial charge is 0.302 e. The number of hydrogen-bond donors (Lipinski definition) is 1. The van der Waals surface area contributed by atoms with Gasteiger partial charge in [0.2, 0.25) is 0 Å². The Bertz CT molecular complexity index is 313. The lowest BCUT2D eigenvalue weighted by Crippen LogP contribution is -1.96. The normalized spacial score (nSPS) is 13.0. The molecule has 0 aliphatic rings. The van der Waals surface area contributed by atoms with Crippen molar-refractivity contribution in [2.45, 2.75) is 18.7 Å². The average Bonchev–Trinajstić information content (AvgIpc) is 1.82. The van der Waals surface area contributed by atoms with E-state index in [0.717, 1.165) is 15.6 Å². The van der Waals surface area contributed by atoms with Crippen LogP contribution in [-0.2, 0) is 11.1 Å². The molecule has 0 saturated carbocycles. The standard InChI is InChI=1S/C8H9BrO2S/c1-5-3-7(9)4-6(2)8(5)12(10)11/h3-4H,1-2H3,(H,10,11). The summed E-state index contributed by atoms with van der Waals surface area (Å²) < 4.78 is 20.7. The molecule has 12 heavy (non-hydrogen) atoms. The summed E-state index contributed by atoms with van der Waals surface area (Å²) in [5, 5.41) is 0. The van der Waals surface area contributed by atoms with Crippen LogP contribution in [0, 0.1) is 13.8 Å². The minimum atomic E-state index is -1.88. The molecule has 0 aliphatic carbocycles. The summed E-state index contributed by atoms with van der Waals surface area (Å²) in [6.07, 6.45) is 0. The van der Waals surface area contributed by atoms with Gasteiger partial charge in [0.1, 0.15) is 0 Å². The SMILES string of the molecule is Cc1cc(Br)cc(C)c1S(=O)O. The number of benzene rings is 1. The van der Waals surface area contributed by atoms with Gasteiger partial charge < -0.3 is 4.55 Å². The van der Waals surface area contributed by atoms with Crippen molar-refractivity contribution in [1.29, 1.82) is 0 Å². The van der Waals surface area contributed by atoms with Crippen molar-refractivity contribution < 1.29 is 8.76 Å². The van der Waals surface area contributed by atoms with Crippen LogP contribution in [0.25, 0.3) is 0 Å². The van der Waals surface area contributed by atoms with Gasteiger partial charge in [-0.3, -0.25) is 0 Å². The maximum atomic E-state index is 10.8. The molecule has 0 fully saturated rings. The lowest BCUT2D eigenvalue weighted by atomic mass is 10.2. The van der Waals surface area contributed by atoms with Crippen molar-refractivity contribution in [3.8, 4) is 0 Å². The van der Waals surface area contributed by atoms with Crippen molar-refractivity contribution in [2.75, 3.05) is 0 Å². The average molecular weight is 249 g/mol. The van der Waals surface area contributed by atoms with E-state index >= 15 is 0 Å². The van der Waals surface area contributed by atoms with Crippen LogP contribution in [0.3, 0.4) is 0 Å². The third kappa shape index (κ3) is 1.94. The van der Waals surface area contributed by atoms with Crippen molar-refractivity contribution in [1.82, 2.24) is 0 Å². The van der Waals surface area contributed by atoms with Crippen LogP contribution in [0.4, 0.5) is 0 Å². The molecular formula is C8H9BrO2S. The van der Waals surface area contributed by atoms with Gasteiger partial charge in [0.15, 0.2) is 11.1 Å². The highest BCUT2D eigenvalue weighted by atomic mass is 79.9. The second kappa shape index (κ2) is 3.68. The molecule has 66 valence electrons. The van der Waals surface area contributed by atoms with Crippen LogP contribution in [0.15, 0.2) is 21.5 Å². The maximum Gasteiger partial charge on any atom is 0.187 e. The first-order valence-corrected chi connectivity index (χ1v) is 5.30. The molecule has 1 rings (SSSR count). The van der Waals surface area contributed by atoms with E-state index in [1.807, 2.05) is 26.0 Å². The minimum absolute atomic E-state index is 0.512. The van der Waals surface area contributed by atoms with E-state index in [4.69, 9.17) is 4.55 Å². The quantitative estimate of drug-likeness (QED) is 0.777. The van der Waals surface area contributed by atoms with Gasteiger partial charge in [0, 0.05) is 4.47 Å². The molecule has 0 aliphatic heterocycles. The van der Waals surface area contributed by atoms with Crippen LogP contribution in [0.2, 0.25) is 0 Å². The molecule has 0 amide bonds. The zero-order valence-corrected chi connectivity index (χ0v) is 9.20. The summed E-state index contributed by atoms with van der Waals surface area (Å²) in [4.78, 5) is 0.512. The van der Waals surface area contributed by atoms with Crippen LogP contribution in [0.1, 0.15) is 11.1 Å². The fourth-order valence-electron chi connectivity index (χ4n) is 1.17. The highest BCUT2D eigenvalue weighted by molar-refractivity contribution is 9.10. The van der Waals surface area contributed by atoms with Crippen LogP contribution >= 0.6 is 15.9 Å². The van der Waals surface area contributed by atoms with Gasteiger partial charge in [-0.15, -0.1) is 0 Å². The van der Waals surface area contributed by atoms with Crippen molar-refractivity contribution >= 4 is 27.0 Å². The van der Waals surface area contributed by atoms with Crippen LogP contribution in [-0.4, -0.2) is 8.76 Å². The Labute approximate surface area is 82.4 Å². The van der Waals surface area contributed by atoms with E-state index in [-0.39, 0.29) is 0 Å². The molecule has 1 unspecified atom stereocenters. The predicted octanol–water partition coefficient (Wildman–Crippen LogP) is 2.65. The molecule has 1 aromatic carbocycles. The number of hydrogen-bond acceptors (Lipinski definition) is 1. The number of halogens is 1. The van der Waals surface area contributed by atoms with E-state index < -0.39 is 11.1 Å². The zero-order chi connectivity index (χ0) is 9.30. The first-order valence-electron chi connectivity index (χ1n) is 3.40. The molecule has 0 heterocycles. The Morgan fingerprint density at radius 3 is 2.08 bits per heavy atom. The van der Waals surface area contributed by atoms with Gasteiger partial charge in [-0.25, -0.2) is 4.21 Å². The lowest BCUT2D eigenvalue weighted by Gasteiger charge is -2.05. The Hall–Kier alpha value is -0.190. The summed E-state index contributed by atoms with van der Waals surface area (Å²) in [6, 6.07) is 3.66. The fraction of sp³-hybridized carbons (Fsp3) is 0.250. The first kappa shape index (κ1) is 9.89. The lowest BCUT2D eigenvalue weighted by molar-refractivity contribution is 0.563. The van der Waals surface area contributed by atoms with Crippen molar-refractivity contribution in [3.63, 3.8) is 0 Å². The van der Waals surface area contributed by atoms with Gasteiger partial charge in [-0.2, -0.15) is 0 Å². The molecular weight excluding hydrogens is 240 g/mol. The molecule has 1 atom stereocenters. The van der Waals surface area contributed by atoms with E-state index in [1.54, 1.807) is 0 Å². The summed E-state index contributed by atoms with van der Waals surface area (Å²) in [5.41, 5.74) is 1.67. The fourth-order valence-corrected chi connectivity index (χ4v) is 2.53. The summed E-state index contributed by atoms with van der Waals surface area (Å²) in [6.45, 7) is 3.64. The highest BCUT2D eigenvalue weighted by Crippen LogP contribution is 2.22. The summed E-state index contributed by atoms with van der Waals surface area (Å²) in [7, 11) is 0. The molecule has 1 aromatic rings. The van der Waals surface area contributed by atoms with Crippen molar-refractivity contribution in [3.05, 3.63) is 27.7 Å². The Balaban J connectivity index is 3.38. The molecule has 4 heteroatoms. The maximum absolute atomic E-state index is 10.8. The second-order valence-corrected chi connectivity index (χ2v) is 4.44. The molecule has 0 saturated heterocycles. The topological polar surface area (TPSA) is 37.3 Å². The summed E-state index contributed by atoms with van der Waals surface area (Å²) in [5.74, 6) is 0. The molecule has 0 bridgehead atoms. The molecule has 2 nitrogen and oxygen atoms in total. The zero-order valence-electron chi connectivity index (χ0n) is 6.80. The van der Waals surface area contributed by atoms with Crippen LogP contribution in [0.5, 0.6) is 0 Å². The van der Waals surface area contributed by atoms with Crippen molar-refractivity contribution in [2.24, 2.45) is 0 Å². The van der Waals surface area contributed by atoms with E-state index in [2.05, 4.69) is 15.9 Å². The monoisotopic (exact) mass is 248 g/mol. The van der Waals surface area contributed by atoms with Gasteiger partial charge >= 0.3 is 0 Å². The molecule has 0 aromatic heterocycles. The summed E-state index contributed by atoms with van der Waals surface area (Å²) >= 11 is 1.43. The Morgan fingerprint density at radius 1 is 1.33 bits per heavy atom. The smallest absolute Gasteiger partial charge is 0.187 e. The second-order valence-electron chi connectivity index (χ2n) is 2.62. The van der Waals surface area contributed by atoms with E-state index in [9.17, 15) is 4.21 Å². The van der Waals surface area contributed by atoms with E-state index in [0.29, 0.717) is 4.90 Å².